The summed E-state index contributed by atoms with van der Waals surface area (Å²) >= 11 is 0. The molecule has 19 heavy (non-hydrogen) atoms. The maximum absolute atomic E-state index is 13.4. The van der Waals surface area contributed by atoms with Gasteiger partial charge in [-0.15, -0.1) is 0 Å². The van der Waals surface area contributed by atoms with Crippen molar-refractivity contribution in [3.63, 3.8) is 0 Å². The molecule has 0 aliphatic carbocycles. The third-order valence-corrected chi connectivity index (χ3v) is 2.20. The molecule has 2 rings (SSSR count). The van der Waals surface area contributed by atoms with E-state index in [1.807, 2.05) is 0 Å². The Morgan fingerprint density at radius 2 is 2.00 bits per heavy atom. The van der Waals surface area contributed by atoms with Crippen LogP contribution < -0.4 is 10.5 Å². The minimum absolute atomic E-state index is 0.152. The number of nitrogen functional groups attached to an aromatic ring is 1. The summed E-state index contributed by atoms with van der Waals surface area (Å²) in [7, 11) is 0. The summed E-state index contributed by atoms with van der Waals surface area (Å²) in [5, 5.41) is 7.28. The van der Waals surface area contributed by atoms with Crippen LogP contribution in [0, 0.1) is 24.0 Å². The molecule has 0 fully saturated rings. The molecule has 98 valence electrons. The summed E-state index contributed by atoms with van der Waals surface area (Å²) in [6.45, 7) is 1.64. The number of benzene rings is 1. The number of nitrogens with zero attached hydrogens (tertiary/aromatic N) is 2. The Bertz CT molecular complexity index is 646. The Labute approximate surface area is 107 Å². The average molecular weight is 264 g/mol. The van der Waals surface area contributed by atoms with Gasteiger partial charge in [-0.3, -0.25) is 5.41 Å². The molecule has 2 aromatic rings. The summed E-state index contributed by atoms with van der Waals surface area (Å²) in [5.41, 5.74) is 5.95. The minimum Gasteiger partial charge on any atom is -0.421 e. The number of aryl methyl sites for hydroxylation is 1. The average Bonchev–Trinajstić information content (AvgIpc) is 2.33. The normalized spacial score (nSPS) is 10.3. The molecule has 0 atom stereocenters. The van der Waals surface area contributed by atoms with Crippen molar-refractivity contribution in [2.24, 2.45) is 5.73 Å². The predicted octanol–water partition coefficient (Wildman–Crippen LogP) is 2.14. The third-order valence-electron chi connectivity index (χ3n) is 2.20. The standard InChI is InChI=1S/C12H10F2N4O/c1-6-4-9(11(15)16)18-12(17-6)19-10-5-7(13)2-3-8(10)14/h2-5H,1H3,(H3,15,16). The minimum atomic E-state index is -0.740. The van der Waals surface area contributed by atoms with Gasteiger partial charge in [0, 0.05) is 11.8 Å². The molecule has 0 aliphatic rings. The topological polar surface area (TPSA) is 84.9 Å². The number of nitrogens with one attached hydrogen (secondary N) is 1. The first-order chi connectivity index (χ1) is 8.95. The molecule has 0 bridgehead atoms. The Hall–Kier alpha value is -2.57. The van der Waals surface area contributed by atoms with Crippen LogP contribution in [0.5, 0.6) is 11.8 Å². The number of rotatable bonds is 3. The van der Waals surface area contributed by atoms with Crippen LogP contribution in [0.25, 0.3) is 0 Å². The summed E-state index contributed by atoms with van der Waals surface area (Å²) in [5.74, 6) is -1.98. The van der Waals surface area contributed by atoms with E-state index in [1.54, 1.807) is 6.92 Å². The lowest BCUT2D eigenvalue weighted by molar-refractivity contribution is 0.405. The Morgan fingerprint density at radius 1 is 1.26 bits per heavy atom. The maximum atomic E-state index is 13.4. The molecule has 1 heterocycles. The number of amidine groups is 1. The van der Waals surface area contributed by atoms with E-state index in [9.17, 15) is 8.78 Å². The summed E-state index contributed by atoms with van der Waals surface area (Å²) in [6, 6.07) is 4.08. The van der Waals surface area contributed by atoms with Gasteiger partial charge in [-0.25, -0.2) is 13.8 Å². The molecule has 3 N–H and O–H groups in total. The van der Waals surface area contributed by atoms with Gasteiger partial charge in [0.25, 0.3) is 0 Å². The highest BCUT2D eigenvalue weighted by atomic mass is 19.1. The monoisotopic (exact) mass is 264 g/mol. The Morgan fingerprint density at radius 3 is 2.68 bits per heavy atom. The van der Waals surface area contributed by atoms with E-state index < -0.39 is 11.6 Å². The number of aromatic nitrogens is 2. The number of halogens is 2. The molecule has 0 unspecified atom stereocenters. The van der Waals surface area contributed by atoms with Crippen LogP contribution in [0.4, 0.5) is 8.78 Å². The zero-order valence-electron chi connectivity index (χ0n) is 9.95. The molecule has 0 saturated heterocycles. The number of hydrogen-bond acceptors (Lipinski definition) is 4. The van der Waals surface area contributed by atoms with Crippen LogP contribution in [0.3, 0.4) is 0 Å². The van der Waals surface area contributed by atoms with Gasteiger partial charge in [0.15, 0.2) is 11.6 Å². The van der Waals surface area contributed by atoms with Crippen LogP contribution in [0.15, 0.2) is 24.3 Å². The number of ether oxygens (including phenoxy) is 1. The zero-order valence-corrected chi connectivity index (χ0v) is 9.95. The van der Waals surface area contributed by atoms with Crippen LogP contribution >= 0.6 is 0 Å². The van der Waals surface area contributed by atoms with Gasteiger partial charge in [0.2, 0.25) is 0 Å². The highest BCUT2D eigenvalue weighted by molar-refractivity contribution is 5.93. The maximum Gasteiger partial charge on any atom is 0.322 e. The highest BCUT2D eigenvalue weighted by Gasteiger charge is 2.10. The van der Waals surface area contributed by atoms with Crippen molar-refractivity contribution < 1.29 is 13.5 Å². The van der Waals surface area contributed by atoms with Gasteiger partial charge < -0.3 is 10.5 Å². The van der Waals surface area contributed by atoms with E-state index in [-0.39, 0.29) is 23.3 Å². The second-order valence-electron chi connectivity index (χ2n) is 3.77. The molecule has 0 amide bonds. The predicted molar refractivity (Wildman–Crippen MR) is 64.2 cm³/mol. The van der Waals surface area contributed by atoms with E-state index in [0.29, 0.717) is 5.69 Å². The Balaban J connectivity index is 2.38. The lowest BCUT2D eigenvalue weighted by Gasteiger charge is -2.07. The fraction of sp³-hybridized carbons (Fsp3) is 0.0833. The lowest BCUT2D eigenvalue weighted by atomic mass is 10.3. The van der Waals surface area contributed by atoms with Crippen molar-refractivity contribution in [3.05, 3.63) is 47.3 Å². The third kappa shape index (κ3) is 3.01. The second-order valence-corrected chi connectivity index (χ2v) is 3.77. The fourth-order valence-corrected chi connectivity index (χ4v) is 1.38. The van der Waals surface area contributed by atoms with E-state index in [4.69, 9.17) is 15.9 Å². The number of nitrogens with two attached hydrogens (primary N) is 1. The van der Waals surface area contributed by atoms with Crippen molar-refractivity contribution in [2.45, 2.75) is 6.92 Å². The van der Waals surface area contributed by atoms with Gasteiger partial charge in [0.05, 0.1) is 0 Å². The van der Waals surface area contributed by atoms with E-state index in [1.165, 1.54) is 6.07 Å². The zero-order chi connectivity index (χ0) is 14.0. The number of hydrogen-bond donors (Lipinski definition) is 2. The van der Waals surface area contributed by atoms with E-state index >= 15 is 0 Å². The summed E-state index contributed by atoms with van der Waals surface area (Å²) in [6.07, 6.45) is 0. The van der Waals surface area contributed by atoms with Crippen molar-refractivity contribution in [1.82, 2.24) is 9.97 Å². The van der Waals surface area contributed by atoms with Crippen LogP contribution in [-0.4, -0.2) is 15.8 Å². The summed E-state index contributed by atoms with van der Waals surface area (Å²) in [4.78, 5) is 7.73. The van der Waals surface area contributed by atoms with Gasteiger partial charge in [-0.05, 0) is 25.1 Å². The van der Waals surface area contributed by atoms with Gasteiger partial charge in [-0.1, -0.05) is 0 Å². The van der Waals surface area contributed by atoms with Gasteiger partial charge in [0.1, 0.15) is 17.3 Å². The fourth-order valence-electron chi connectivity index (χ4n) is 1.38. The van der Waals surface area contributed by atoms with Gasteiger partial charge in [-0.2, -0.15) is 4.98 Å². The molecule has 0 saturated carbocycles. The molecule has 1 aromatic carbocycles. The van der Waals surface area contributed by atoms with Crippen molar-refractivity contribution in [2.75, 3.05) is 0 Å². The molecule has 0 spiro atoms. The van der Waals surface area contributed by atoms with Gasteiger partial charge >= 0.3 is 6.01 Å². The smallest absolute Gasteiger partial charge is 0.322 e. The highest BCUT2D eigenvalue weighted by Crippen LogP contribution is 2.23. The van der Waals surface area contributed by atoms with Crippen LogP contribution in [0.2, 0.25) is 0 Å². The Kier molecular flexibility index (Phi) is 3.37. The second kappa shape index (κ2) is 4.97. The lowest BCUT2D eigenvalue weighted by Crippen LogP contribution is -2.14. The quantitative estimate of drug-likeness (QED) is 0.657. The largest absolute Gasteiger partial charge is 0.421 e. The molecule has 0 radical (unpaired) electrons. The molecule has 0 aliphatic heterocycles. The van der Waals surface area contributed by atoms with E-state index in [0.717, 1.165) is 18.2 Å². The first-order valence-electron chi connectivity index (χ1n) is 5.28. The van der Waals surface area contributed by atoms with Crippen LogP contribution in [-0.2, 0) is 0 Å². The van der Waals surface area contributed by atoms with Crippen molar-refractivity contribution >= 4 is 5.84 Å². The van der Waals surface area contributed by atoms with Crippen molar-refractivity contribution in [3.8, 4) is 11.8 Å². The molecule has 1 aromatic heterocycles. The summed E-state index contributed by atoms with van der Waals surface area (Å²) < 4.78 is 31.5. The molecular formula is C12H10F2N4O. The van der Waals surface area contributed by atoms with Crippen molar-refractivity contribution in [1.29, 1.82) is 5.41 Å². The SMILES string of the molecule is Cc1cc(C(=N)N)nc(Oc2cc(F)ccc2F)n1. The molecular weight excluding hydrogens is 254 g/mol. The van der Waals surface area contributed by atoms with Crippen LogP contribution in [0.1, 0.15) is 11.4 Å². The molecule has 5 nitrogen and oxygen atoms in total. The van der Waals surface area contributed by atoms with E-state index in [2.05, 4.69) is 9.97 Å². The first kappa shape index (κ1) is 12.9. The molecule has 7 heteroatoms. The first-order valence-corrected chi connectivity index (χ1v) is 5.28.